The number of nitrogens with zero attached hydrogens (tertiary/aromatic N) is 3. The van der Waals surface area contributed by atoms with Gasteiger partial charge in [0.05, 0.1) is 11.8 Å². The number of halogens is 1. The van der Waals surface area contributed by atoms with Gasteiger partial charge in [0.15, 0.2) is 0 Å². The van der Waals surface area contributed by atoms with Gasteiger partial charge in [-0.1, -0.05) is 22.8 Å². The first-order valence-electron chi connectivity index (χ1n) is 4.08. The van der Waals surface area contributed by atoms with Gasteiger partial charge in [-0.05, 0) is 12.1 Å². The summed E-state index contributed by atoms with van der Waals surface area (Å²) in [4.78, 5) is 15.8. The second-order valence-corrected chi connectivity index (χ2v) is 3.15. The van der Waals surface area contributed by atoms with E-state index in [-0.39, 0.29) is 16.3 Å². The van der Waals surface area contributed by atoms with Crippen molar-refractivity contribution in [3.63, 3.8) is 0 Å². The largest absolute Gasteiger partial charge is 0.411 e. The summed E-state index contributed by atoms with van der Waals surface area (Å²) < 4.78 is 1.32. The van der Waals surface area contributed by atoms with Crippen molar-refractivity contribution in [2.24, 2.45) is 5.16 Å². The Morgan fingerprint density at radius 1 is 1.53 bits per heavy atom. The maximum absolute atomic E-state index is 11.8. The second-order valence-electron chi connectivity index (χ2n) is 2.79. The van der Waals surface area contributed by atoms with Crippen molar-refractivity contribution in [3.05, 3.63) is 45.5 Å². The van der Waals surface area contributed by atoms with Gasteiger partial charge in [-0.3, -0.25) is 9.20 Å². The first-order chi connectivity index (χ1) is 7.24. The Kier molecular flexibility index (Phi) is 2.39. The fourth-order valence-corrected chi connectivity index (χ4v) is 1.46. The van der Waals surface area contributed by atoms with Crippen LogP contribution >= 0.6 is 11.6 Å². The van der Waals surface area contributed by atoms with Crippen molar-refractivity contribution in [3.8, 4) is 0 Å². The van der Waals surface area contributed by atoms with Gasteiger partial charge in [0, 0.05) is 6.20 Å². The molecule has 2 aromatic rings. The molecule has 0 amide bonds. The van der Waals surface area contributed by atoms with Gasteiger partial charge in [-0.2, -0.15) is 0 Å². The van der Waals surface area contributed by atoms with Gasteiger partial charge in [-0.25, -0.2) is 4.98 Å². The molecular weight excluding hydrogens is 218 g/mol. The van der Waals surface area contributed by atoms with Crippen LogP contribution in [-0.4, -0.2) is 20.8 Å². The van der Waals surface area contributed by atoms with Crippen LogP contribution in [0.4, 0.5) is 0 Å². The van der Waals surface area contributed by atoms with Crippen molar-refractivity contribution in [1.82, 2.24) is 9.38 Å². The Morgan fingerprint density at radius 2 is 2.33 bits per heavy atom. The molecule has 0 aromatic carbocycles. The van der Waals surface area contributed by atoms with Crippen molar-refractivity contribution < 1.29 is 5.21 Å². The monoisotopic (exact) mass is 223 g/mol. The Labute approximate surface area is 89.3 Å². The van der Waals surface area contributed by atoms with Crippen LogP contribution in [0.1, 0.15) is 5.56 Å². The Morgan fingerprint density at radius 3 is 3.07 bits per heavy atom. The van der Waals surface area contributed by atoms with Crippen molar-refractivity contribution in [1.29, 1.82) is 0 Å². The van der Waals surface area contributed by atoms with E-state index >= 15 is 0 Å². The highest BCUT2D eigenvalue weighted by Gasteiger charge is 2.08. The standard InChI is InChI=1S/C9H6ClN3O2/c10-8-6(5-11-15)9(14)13-4-2-1-3-7(13)12-8/h1-5,15H/b11-5+. The predicted octanol–water partition coefficient (Wildman–Crippen LogP) is 1.16. The van der Waals surface area contributed by atoms with Gasteiger partial charge in [0.1, 0.15) is 10.8 Å². The molecule has 2 rings (SSSR count). The summed E-state index contributed by atoms with van der Waals surface area (Å²) in [5.74, 6) is 0. The van der Waals surface area contributed by atoms with Crippen LogP contribution in [0.25, 0.3) is 5.65 Å². The summed E-state index contributed by atoms with van der Waals surface area (Å²) >= 11 is 5.76. The van der Waals surface area contributed by atoms with Gasteiger partial charge in [0.25, 0.3) is 5.56 Å². The van der Waals surface area contributed by atoms with E-state index in [1.807, 2.05) is 0 Å². The molecule has 0 atom stereocenters. The average molecular weight is 224 g/mol. The van der Waals surface area contributed by atoms with Crippen LogP contribution in [-0.2, 0) is 0 Å². The van der Waals surface area contributed by atoms with E-state index in [2.05, 4.69) is 10.1 Å². The van der Waals surface area contributed by atoms with Gasteiger partial charge < -0.3 is 5.21 Å². The first kappa shape index (κ1) is 9.67. The van der Waals surface area contributed by atoms with Crippen LogP contribution in [0.3, 0.4) is 0 Å². The minimum absolute atomic E-state index is 0.0176. The number of oxime groups is 1. The lowest BCUT2D eigenvalue weighted by Crippen LogP contribution is -2.19. The predicted molar refractivity (Wildman–Crippen MR) is 55.9 cm³/mol. The average Bonchev–Trinajstić information content (AvgIpc) is 2.24. The van der Waals surface area contributed by atoms with Crippen LogP contribution in [0.2, 0.25) is 5.15 Å². The smallest absolute Gasteiger partial charge is 0.268 e. The zero-order valence-electron chi connectivity index (χ0n) is 7.46. The van der Waals surface area contributed by atoms with Crippen LogP contribution < -0.4 is 5.56 Å². The second kappa shape index (κ2) is 3.70. The normalized spacial score (nSPS) is 11.3. The van der Waals surface area contributed by atoms with Crippen LogP contribution in [0.15, 0.2) is 34.3 Å². The number of rotatable bonds is 1. The molecule has 76 valence electrons. The van der Waals surface area contributed by atoms with E-state index in [0.717, 1.165) is 6.21 Å². The van der Waals surface area contributed by atoms with Gasteiger partial charge in [-0.15, -0.1) is 0 Å². The Balaban J connectivity index is 2.90. The summed E-state index contributed by atoms with van der Waals surface area (Å²) in [6, 6.07) is 5.11. The van der Waals surface area contributed by atoms with E-state index in [1.165, 1.54) is 4.40 Å². The molecule has 0 aliphatic heterocycles. The maximum Gasteiger partial charge on any atom is 0.268 e. The number of aromatic nitrogens is 2. The van der Waals surface area contributed by atoms with Crippen molar-refractivity contribution in [2.45, 2.75) is 0 Å². The Hall–Kier alpha value is -1.88. The molecule has 2 heterocycles. The molecule has 2 aromatic heterocycles. The molecule has 15 heavy (non-hydrogen) atoms. The topological polar surface area (TPSA) is 67.0 Å². The molecule has 0 fully saturated rings. The van der Waals surface area contributed by atoms with Gasteiger partial charge >= 0.3 is 0 Å². The highest BCUT2D eigenvalue weighted by Crippen LogP contribution is 2.08. The molecule has 5 nitrogen and oxygen atoms in total. The minimum atomic E-state index is -0.372. The molecule has 0 aliphatic rings. The number of fused-ring (bicyclic) bond motifs is 1. The van der Waals surface area contributed by atoms with E-state index < -0.39 is 0 Å². The molecular formula is C9H6ClN3O2. The number of hydrogen-bond donors (Lipinski definition) is 1. The maximum atomic E-state index is 11.8. The molecule has 0 saturated heterocycles. The van der Waals surface area contributed by atoms with E-state index in [4.69, 9.17) is 16.8 Å². The fourth-order valence-electron chi connectivity index (χ4n) is 1.24. The fraction of sp³-hybridized carbons (Fsp3) is 0. The summed E-state index contributed by atoms with van der Waals surface area (Å²) in [5.41, 5.74) is 0.133. The highest BCUT2D eigenvalue weighted by molar-refractivity contribution is 6.31. The minimum Gasteiger partial charge on any atom is -0.411 e. The summed E-state index contributed by atoms with van der Waals surface area (Å²) in [6.07, 6.45) is 2.53. The Bertz CT molecular complexity index is 591. The molecule has 0 radical (unpaired) electrons. The van der Waals surface area contributed by atoms with Crippen molar-refractivity contribution in [2.75, 3.05) is 0 Å². The molecule has 0 bridgehead atoms. The van der Waals surface area contributed by atoms with E-state index in [0.29, 0.717) is 5.65 Å². The molecule has 6 heteroatoms. The SMILES string of the molecule is O=c1c(/C=N/O)c(Cl)nc2ccccn12. The lowest BCUT2D eigenvalue weighted by Gasteiger charge is -2.01. The van der Waals surface area contributed by atoms with Gasteiger partial charge in [0.2, 0.25) is 0 Å². The summed E-state index contributed by atoms with van der Waals surface area (Å²) in [6.45, 7) is 0. The lowest BCUT2D eigenvalue weighted by atomic mass is 10.3. The van der Waals surface area contributed by atoms with Crippen LogP contribution in [0, 0.1) is 0 Å². The third kappa shape index (κ3) is 1.57. The quantitative estimate of drug-likeness (QED) is 0.341. The zero-order valence-corrected chi connectivity index (χ0v) is 8.22. The highest BCUT2D eigenvalue weighted by atomic mass is 35.5. The molecule has 0 aliphatic carbocycles. The third-order valence-corrected chi connectivity index (χ3v) is 2.20. The van der Waals surface area contributed by atoms with Crippen LogP contribution in [0.5, 0.6) is 0 Å². The van der Waals surface area contributed by atoms with Crippen molar-refractivity contribution >= 4 is 23.5 Å². The van der Waals surface area contributed by atoms with E-state index in [9.17, 15) is 4.79 Å². The zero-order chi connectivity index (χ0) is 10.8. The first-order valence-corrected chi connectivity index (χ1v) is 4.46. The lowest BCUT2D eigenvalue weighted by molar-refractivity contribution is 0.322. The summed E-state index contributed by atoms with van der Waals surface area (Å²) in [7, 11) is 0. The molecule has 0 unspecified atom stereocenters. The third-order valence-electron chi connectivity index (χ3n) is 1.91. The number of pyridine rings is 1. The molecule has 1 N–H and O–H groups in total. The summed E-state index contributed by atoms with van der Waals surface area (Å²) in [5, 5.41) is 11.2. The number of hydrogen-bond acceptors (Lipinski definition) is 4. The molecule has 0 spiro atoms. The van der Waals surface area contributed by atoms with E-state index in [1.54, 1.807) is 24.4 Å². The molecule has 0 saturated carbocycles.